The molecule has 2 aromatic rings. The fourth-order valence-corrected chi connectivity index (χ4v) is 2.83. The molecule has 21 heavy (non-hydrogen) atoms. The van der Waals surface area contributed by atoms with E-state index in [1.807, 2.05) is 37.1 Å². The minimum atomic E-state index is 0.472. The molecule has 0 spiro atoms. The summed E-state index contributed by atoms with van der Waals surface area (Å²) in [7, 11) is 4.09. The first-order valence-corrected chi connectivity index (χ1v) is 7.35. The molecule has 1 atom stereocenters. The first-order chi connectivity index (χ1) is 10.1. The topological polar surface area (TPSA) is 50.1 Å². The lowest BCUT2D eigenvalue weighted by Crippen LogP contribution is -2.35. The molecular weight excluding hydrogens is 264 g/mol. The van der Waals surface area contributed by atoms with Gasteiger partial charge < -0.3 is 4.90 Å². The monoisotopic (exact) mass is 286 g/mol. The molecule has 0 radical (unpaired) electrons. The van der Waals surface area contributed by atoms with E-state index in [1.165, 1.54) is 5.69 Å². The second-order valence-corrected chi connectivity index (χ2v) is 5.73. The summed E-state index contributed by atoms with van der Waals surface area (Å²) in [5, 5.41) is 4.23. The molecule has 0 amide bonds. The molecule has 1 saturated heterocycles. The maximum Gasteiger partial charge on any atom is 0.225 e. The van der Waals surface area contributed by atoms with Gasteiger partial charge >= 0.3 is 0 Å². The number of aromatic nitrogens is 4. The Morgan fingerprint density at radius 1 is 1.33 bits per heavy atom. The number of likely N-dealkylation sites (N-methyl/N-ethyl adjacent to an activating group) is 1. The lowest BCUT2D eigenvalue weighted by molar-refractivity contribution is 0.316. The maximum atomic E-state index is 4.51. The average Bonchev–Trinajstić information content (AvgIpc) is 3.09. The number of hydrogen-bond acceptors (Lipinski definition) is 5. The minimum Gasteiger partial charge on any atom is -0.340 e. The Balaban J connectivity index is 1.63. The molecule has 0 N–H and O–H groups in total. The smallest absolute Gasteiger partial charge is 0.225 e. The van der Waals surface area contributed by atoms with E-state index >= 15 is 0 Å². The van der Waals surface area contributed by atoms with Crippen LogP contribution in [0.15, 0.2) is 24.5 Å². The first kappa shape index (κ1) is 14.0. The highest BCUT2D eigenvalue weighted by molar-refractivity contribution is 5.31. The van der Waals surface area contributed by atoms with Gasteiger partial charge in [-0.2, -0.15) is 5.10 Å². The summed E-state index contributed by atoms with van der Waals surface area (Å²) in [4.78, 5) is 13.6. The SMILES string of the molecule is Cc1ccnc(N(C)C2CCN(Cc3ccnn3C)C2)n1. The van der Waals surface area contributed by atoms with E-state index in [-0.39, 0.29) is 0 Å². The van der Waals surface area contributed by atoms with Crippen molar-refractivity contribution in [3.8, 4) is 0 Å². The van der Waals surface area contributed by atoms with Crippen LogP contribution >= 0.6 is 0 Å². The summed E-state index contributed by atoms with van der Waals surface area (Å²) in [6.07, 6.45) is 4.83. The minimum absolute atomic E-state index is 0.472. The van der Waals surface area contributed by atoms with Crippen LogP contribution in [0.25, 0.3) is 0 Å². The normalized spacial score (nSPS) is 19.1. The van der Waals surface area contributed by atoms with Gasteiger partial charge in [0.15, 0.2) is 0 Å². The van der Waals surface area contributed by atoms with Gasteiger partial charge in [-0.15, -0.1) is 0 Å². The zero-order valence-corrected chi connectivity index (χ0v) is 12.9. The maximum absolute atomic E-state index is 4.51. The summed E-state index contributed by atoms with van der Waals surface area (Å²) in [6, 6.07) is 4.49. The van der Waals surface area contributed by atoms with Crippen molar-refractivity contribution in [2.24, 2.45) is 7.05 Å². The van der Waals surface area contributed by atoms with Crippen molar-refractivity contribution in [3.63, 3.8) is 0 Å². The van der Waals surface area contributed by atoms with Crippen LogP contribution < -0.4 is 4.90 Å². The van der Waals surface area contributed by atoms with Crippen LogP contribution in [-0.2, 0) is 13.6 Å². The van der Waals surface area contributed by atoms with Crippen molar-refractivity contribution in [1.29, 1.82) is 0 Å². The Labute approximate surface area is 125 Å². The average molecular weight is 286 g/mol. The highest BCUT2D eigenvalue weighted by atomic mass is 15.3. The Hall–Kier alpha value is -1.95. The number of likely N-dealkylation sites (tertiary alicyclic amines) is 1. The van der Waals surface area contributed by atoms with Crippen molar-refractivity contribution < 1.29 is 0 Å². The van der Waals surface area contributed by atoms with Gasteiger partial charge in [-0.1, -0.05) is 0 Å². The van der Waals surface area contributed by atoms with Gasteiger partial charge in [0.25, 0.3) is 0 Å². The van der Waals surface area contributed by atoms with Gasteiger partial charge in [-0.25, -0.2) is 9.97 Å². The molecule has 1 aliphatic heterocycles. The van der Waals surface area contributed by atoms with E-state index in [1.54, 1.807) is 0 Å². The summed E-state index contributed by atoms with van der Waals surface area (Å²) < 4.78 is 1.95. The van der Waals surface area contributed by atoms with Crippen molar-refractivity contribution in [3.05, 3.63) is 35.9 Å². The number of nitrogens with zero attached hydrogens (tertiary/aromatic N) is 6. The largest absolute Gasteiger partial charge is 0.340 e. The molecule has 0 saturated carbocycles. The lowest BCUT2D eigenvalue weighted by atomic mass is 10.2. The van der Waals surface area contributed by atoms with E-state index in [0.29, 0.717) is 6.04 Å². The van der Waals surface area contributed by atoms with Crippen LogP contribution in [0.1, 0.15) is 17.8 Å². The second-order valence-electron chi connectivity index (χ2n) is 5.73. The van der Waals surface area contributed by atoms with Crippen molar-refractivity contribution in [1.82, 2.24) is 24.6 Å². The Bertz CT molecular complexity index is 608. The van der Waals surface area contributed by atoms with Crippen molar-refractivity contribution in [2.75, 3.05) is 25.0 Å². The zero-order chi connectivity index (χ0) is 14.8. The fourth-order valence-electron chi connectivity index (χ4n) is 2.83. The Morgan fingerprint density at radius 2 is 2.19 bits per heavy atom. The van der Waals surface area contributed by atoms with Gasteiger partial charge in [-0.3, -0.25) is 9.58 Å². The zero-order valence-electron chi connectivity index (χ0n) is 12.9. The molecule has 1 aliphatic rings. The van der Waals surface area contributed by atoms with E-state index < -0.39 is 0 Å². The van der Waals surface area contributed by atoms with E-state index in [4.69, 9.17) is 0 Å². The van der Waals surface area contributed by atoms with Crippen molar-refractivity contribution >= 4 is 5.95 Å². The molecule has 3 heterocycles. The van der Waals surface area contributed by atoms with Crippen LogP contribution in [0, 0.1) is 6.92 Å². The molecule has 0 aliphatic carbocycles. The van der Waals surface area contributed by atoms with Crippen LogP contribution in [0.5, 0.6) is 0 Å². The predicted octanol–water partition coefficient (Wildman–Crippen LogP) is 1.23. The van der Waals surface area contributed by atoms with Gasteiger partial charge in [0.1, 0.15) is 0 Å². The number of anilines is 1. The van der Waals surface area contributed by atoms with Gasteiger partial charge in [-0.05, 0) is 25.5 Å². The third-order valence-corrected chi connectivity index (χ3v) is 4.20. The van der Waals surface area contributed by atoms with Gasteiger partial charge in [0.05, 0.1) is 5.69 Å². The van der Waals surface area contributed by atoms with Crippen molar-refractivity contribution in [2.45, 2.75) is 25.9 Å². The molecule has 112 valence electrons. The van der Waals surface area contributed by atoms with Crippen LogP contribution in [0.2, 0.25) is 0 Å². The molecule has 0 aromatic carbocycles. The van der Waals surface area contributed by atoms with E-state index in [2.05, 4.69) is 38.0 Å². The quantitative estimate of drug-likeness (QED) is 0.846. The van der Waals surface area contributed by atoms with Crippen LogP contribution in [0.3, 0.4) is 0 Å². The molecule has 2 aromatic heterocycles. The highest BCUT2D eigenvalue weighted by Crippen LogP contribution is 2.20. The third kappa shape index (κ3) is 3.05. The molecule has 6 nitrogen and oxygen atoms in total. The second kappa shape index (κ2) is 5.81. The summed E-state index contributed by atoms with van der Waals surface area (Å²) in [6.45, 7) is 5.10. The molecule has 1 fully saturated rings. The Morgan fingerprint density at radius 3 is 2.90 bits per heavy atom. The summed E-state index contributed by atoms with van der Waals surface area (Å²) in [5.41, 5.74) is 2.27. The molecule has 0 bridgehead atoms. The number of aryl methyl sites for hydroxylation is 2. The number of rotatable bonds is 4. The van der Waals surface area contributed by atoms with Gasteiger partial charge in [0, 0.05) is 57.9 Å². The van der Waals surface area contributed by atoms with Crippen LogP contribution in [-0.4, -0.2) is 50.8 Å². The van der Waals surface area contributed by atoms with E-state index in [0.717, 1.165) is 37.7 Å². The van der Waals surface area contributed by atoms with Crippen LogP contribution in [0.4, 0.5) is 5.95 Å². The summed E-state index contributed by atoms with van der Waals surface area (Å²) in [5.74, 6) is 0.822. The number of hydrogen-bond donors (Lipinski definition) is 0. The lowest BCUT2D eigenvalue weighted by Gasteiger charge is -2.25. The predicted molar refractivity (Wildman–Crippen MR) is 82.1 cm³/mol. The molecule has 6 heteroatoms. The standard InChI is InChI=1S/C15H22N6/c1-12-4-7-16-15(18-12)19(2)13-6-9-21(10-13)11-14-5-8-17-20(14)3/h4-5,7-8,13H,6,9-11H2,1-3H3. The summed E-state index contributed by atoms with van der Waals surface area (Å²) >= 11 is 0. The molecule has 1 unspecified atom stereocenters. The molecule has 3 rings (SSSR count). The highest BCUT2D eigenvalue weighted by Gasteiger charge is 2.27. The van der Waals surface area contributed by atoms with Gasteiger partial charge in [0.2, 0.25) is 5.95 Å². The first-order valence-electron chi connectivity index (χ1n) is 7.35. The fraction of sp³-hybridized carbons (Fsp3) is 0.533. The molecular formula is C15H22N6. The van der Waals surface area contributed by atoms with E-state index in [9.17, 15) is 0 Å². The third-order valence-electron chi connectivity index (χ3n) is 4.20. The Kier molecular flexibility index (Phi) is 3.88.